The molecule has 0 saturated carbocycles. The summed E-state index contributed by atoms with van der Waals surface area (Å²) < 4.78 is 18.6. The molecule has 0 fully saturated rings. The van der Waals surface area contributed by atoms with Crippen molar-refractivity contribution in [3.63, 3.8) is 0 Å². The third-order valence-corrected chi connectivity index (χ3v) is 10.3. The molecule has 0 N–H and O–H groups in total. The summed E-state index contributed by atoms with van der Waals surface area (Å²) in [6, 6.07) is 30.5. The van der Waals surface area contributed by atoms with Gasteiger partial charge >= 0.3 is 0 Å². The van der Waals surface area contributed by atoms with Gasteiger partial charge in [0, 0.05) is 23.5 Å². The molecule has 9 rings (SSSR count). The van der Waals surface area contributed by atoms with Crippen molar-refractivity contribution in [2.24, 2.45) is 0 Å². The van der Waals surface area contributed by atoms with Crippen LogP contribution >= 0.6 is 0 Å². The van der Waals surface area contributed by atoms with E-state index in [9.17, 15) is 0 Å². The highest BCUT2D eigenvalue weighted by molar-refractivity contribution is 5.77. The van der Waals surface area contributed by atoms with Gasteiger partial charge in [-0.1, -0.05) is 76.0 Å². The molecule has 8 bridgehead atoms. The Bertz CT molecular complexity index is 1920. The minimum absolute atomic E-state index is 0.677. The van der Waals surface area contributed by atoms with Crippen LogP contribution in [-0.4, -0.2) is 44.7 Å². The average Bonchev–Trinajstić information content (AvgIpc) is 3.25. The Morgan fingerprint density at radius 3 is 1.39 bits per heavy atom. The van der Waals surface area contributed by atoms with Crippen LogP contribution in [0.25, 0.3) is 45.3 Å². The normalized spacial score (nSPS) is 15.4. The van der Waals surface area contributed by atoms with E-state index in [4.69, 9.17) is 29.2 Å². The fourth-order valence-corrected chi connectivity index (χ4v) is 7.16. The van der Waals surface area contributed by atoms with Gasteiger partial charge in [-0.15, -0.1) is 0 Å². The minimum atomic E-state index is 0.677. The SMILES string of the molecule is c1ccc(-c2cc(-c3ccccn3)c3cc2CCCCCCCCCOc2ccc(nc2)-c2cccc(n2)-c2ccc(cn2)OCCCCCCCCO3)nc1. The Morgan fingerprint density at radius 2 is 0.875 bits per heavy atom. The third kappa shape index (κ3) is 11.2. The van der Waals surface area contributed by atoms with Gasteiger partial charge in [0.15, 0.2) is 0 Å². The van der Waals surface area contributed by atoms with Crippen molar-refractivity contribution in [3.05, 3.63) is 121 Å². The second-order valence-corrected chi connectivity index (χ2v) is 14.5. The van der Waals surface area contributed by atoms with E-state index in [0.717, 1.165) is 114 Å². The van der Waals surface area contributed by atoms with Gasteiger partial charge < -0.3 is 14.2 Å². The van der Waals surface area contributed by atoms with E-state index in [1.165, 1.54) is 44.1 Å². The van der Waals surface area contributed by atoms with E-state index in [1.807, 2.05) is 73.1 Å². The van der Waals surface area contributed by atoms with Gasteiger partial charge in [-0.25, -0.2) is 4.98 Å². The molecule has 0 amide bonds. The Hall–Kier alpha value is -5.63. The molecule has 8 heteroatoms. The molecule has 0 spiro atoms. The van der Waals surface area contributed by atoms with Gasteiger partial charge in [0.2, 0.25) is 0 Å². The zero-order valence-corrected chi connectivity index (χ0v) is 32.5. The van der Waals surface area contributed by atoms with Crippen molar-refractivity contribution in [3.8, 4) is 62.5 Å². The number of ether oxygens (including phenoxy) is 3. The number of fused-ring (bicyclic) bond motifs is 2. The first kappa shape index (κ1) is 38.6. The van der Waals surface area contributed by atoms with Crippen LogP contribution < -0.4 is 14.2 Å². The van der Waals surface area contributed by atoms with E-state index in [1.54, 1.807) is 12.4 Å². The van der Waals surface area contributed by atoms with Crippen molar-refractivity contribution < 1.29 is 14.2 Å². The maximum absolute atomic E-state index is 6.57. The Labute approximate surface area is 331 Å². The predicted octanol–water partition coefficient (Wildman–Crippen LogP) is 11.8. The molecule has 56 heavy (non-hydrogen) atoms. The highest BCUT2D eigenvalue weighted by atomic mass is 16.5. The first-order valence-electron chi connectivity index (χ1n) is 20.6. The molecule has 0 atom stereocenters. The maximum atomic E-state index is 6.57. The van der Waals surface area contributed by atoms with E-state index in [0.29, 0.717) is 19.8 Å². The molecule has 8 nitrogen and oxygen atoms in total. The highest BCUT2D eigenvalue weighted by Gasteiger charge is 2.16. The number of pyridine rings is 5. The van der Waals surface area contributed by atoms with Gasteiger partial charge in [-0.3, -0.25) is 19.9 Å². The Balaban J connectivity index is 1.00. The average molecular weight is 748 g/mol. The second-order valence-electron chi connectivity index (χ2n) is 14.5. The fourth-order valence-electron chi connectivity index (χ4n) is 7.16. The lowest BCUT2D eigenvalue weighted by molar-refractivity contribution is 0.297. The van der Waals surface area contributed by atoms with Crippen LogP contribution in [-0.2, 0) is 6.42 Å². The second kappa shape index (κ2) is 20.9. The standard InChI is InChI=1S/C48H53N5O3/c1-2-6-10-19-37-33-48(41(43-21-12-14-29-50-43)34-40(37)42-20-11-13-28-49-42)56-32-17-9-5-4-8-16-31-55-39-25-27-45(52-36-39)47-23-18-22-46(53-47)44-26-24-38(35-51-44)54-30-15-7-3-1/h11-14,18,20-29,33-36H,1-10,15-17,19,30-32H2. The molecule has 6 aromatic rings. The molecule has 0 aliphatic carbocycles. The topological polar surface area (TPSA) is 92.1 Å². The molecule has 3 aliphatic rings. The molecular weight excluding hydrogens is 695 g/mol. The lowest BCUT2D eigenvalue weighted by atomic mass is 9.94. The summed E-state index contributed by atoms with van der Waals surface area (Å²) in [5.41, 5.74) is 8.58. The molecule has 8 heterocycles. The van der Waals surface area contributed by atoms with E-state index >= 15 is 0 Å². The van der Waals surface area contributed by atoms with E-state index in [-0.39, 0.29) is 0 Å². The molecule has 3 aliphatic heterocycles. The van der Waals surface area contributed by atoms with Gasteiger partial charge in [0.05, 0.1) is 66.4 Å². The van der Waals surface area contributed by atoms with Crippen molar-refractivity contribution in [1.82, 2.24) is 24.9 Å². The summed E-state index contributed by atoms with van der Waals surface area (Å²) in [5.74, 6) is 2.47. The zero-order chi connectivity index (χ0) is 38.0. The fraction of sp³-hybridized carbons (Fsp3) is 0.354. The van der Waals surface area contributed by atoms with Gasteiger partial charge in [0.25, 0.3) is 0 Å². The molecular formula is C48H53N5O3. The quantitative estimate of drug-likeness (QED) is 0.173. The van der Waals surface area contributed by atoms with Crippen LogP contribution in [0.3, 0.4) is 0 Å². The number of aromatic nitrogens is 5. The number of aryl methyl sites for hydroxylation is 1. The Kier molecular flexibility index (Phi) is 14.4. The van der Waals surface area contributed by atoms with Crippen LogP contribution in [0.4, 0.5) is 0 Å². The number of rotatable bonds is 2. The van der Waals surface area contributed by atoms with Crippen molar-refractivity contribution in [2.45, 2.75) is 89.9 Å². The van der Waals surface area contributed by atoms with Gasteiger partial charge in [-0.05, 0) is 110 Å². The molecule has 1 aromatic carbocycles. The third-order valence-electron chi connectivity index (χ3n) is 10.3. The maximum Gasteiger partial charge on any atom is 0.137 e. The molecule has 0 saturated heterocycles. The number of hydrogen-bond acceptors (Lipinski definition) is 8. The lowest BCUT2D eigenvalue weighted by Crippen LogP contribution is -2.03. The minimum Gasteiger partial charge on any atom is -0.493 e. The largest absolute Gasteiger partial charge is 0.493 e. The lowest BCUT2D eigenvalue weighted by Gasteiger charge is -2.17. The van der Waals surface area contributed by atoms with Crippen molar-refractivity contribution in [1.29, 1.82) is 0 Å². The van der Waals surface area contributed by atoms with Crippen LogP contribution in [0.5, 0.6) is 17.2 Å². The van der Waals surface area contributed by atoms with Crippen molar-refractivity contribution in [2.75, 3.05) is 19.8 Å². The highest BCUT2D eigenvalue weighted by Crippen LogP contribution is 2.37. The number of nitrogens with zero attached hydrogens (tertiary/aromatic N) is 5. The summed E-state index contributed by atoms with van der Waals surface area (Å²) in [6.45, 7) is 2.05. The zero-order valence-electron chi connectivity index (χ0n) is 32.5. The molecule has 0 radical (unpaired) electrons. The number of benzene rings is 1. The predicted molar refractivity (Wildman–Crippen MR) is 224 cm³/mol. The van der Waals surface area contributed by atoms with E-state index in [2.05, 4.69) is 40.3 Å². The number of hydrogen-bond donors (Lipinski definition) is 0. The van der Waals surface area contributed by atoms with Crippen LogP contribution in [0.2, 0.25) is 0 Å². The van der Waals surface area contributed by atoms with Crippen molar-refractivity contribution >= 4 is 0 Å². The van der Waals surface area contributed by atoms with Crippen LogP contribution in [0, 0.1) is 0 Å². The first-order valence-corrected chi connectivity index (χ1v) is 20.6. The van der Waals surface area contributed by atoms with E-state index < -0.39 is 0 Å². The first-order chi connectivity index (χ1) is 27.8. The monoisotopic (exact) mass is 747 g/mol. The summed E-state index contributed by atoms with van der Waals surface area (Å²) in [6.07, 6.45) is 23.1. The van der Waals surface area contributed by atoms with Crippen LogP contribution in [0.1, 0.15) is 89.0 Å². The summed E-state index contributed by atoms with van der Waals surface area (Å²) in [7, 11) is 0. The Morgan fingerprint density at radius 1 is 0.375 bits per heavy atom. The smallest absolute Gasteiger partial charge is 0.137 e. The molecule has 288 valence electrons. The van der Waals surface area contributed by atoms with Gasteiger partial charge in [0.1, 0.15) is 17.2 Å². The van der Waals surface area contributed by atoms with Gasteiger partial charge in [-0.2, -0.15) is 0 Å². The summed E-state index contributed by atoms with van der Waals surface area (Å²) >= 11 is 0. The molecule has 5 aromatic heterocycles. The molecule has 0 unspecified atom stereocenters. The van der Waals surface area contributed by atoms with Crippen LogP contribution in [0.15, 0.2) is 116 Å². The summed E-state index contributed by atoms with van der Waals surface area (Å²) in [4.78, 5) is 23.6. The summed E-state index contributed by atoms with van der Waals surface area (Å²) in [5, 5.41) is 0.